The lowest BCUT2D eigenvalue weighted by molar-refractivity contribution is -0.136. The van der Waals surface area contributed by atoms with E-state index in [-0.39, 0.29) is 18.4 Å². The van der Waals surface area contributed by atoms with E-state index in [1.807, 2.05) is 0 Å². The molecule has 1 unspecified atom stereocenters. The van der Waals surface area contributed by atoms with Gasteiger partial charge in [-0.3, -0.25) is 9.59 Å². The molecule has 1 atom stereocenters. The maximum absolute atomic E-state index is 11.4. The molecule has 0 aromatic carbocycles. The standard InChI is InChI=1S/C9H15BrN2O2/c1-11(2)9(14)6-12-5-7(4-10)3-8(12)13/h7H,3-6H2,1-2H3. The van der Waals surface area contributed by atoms with Crippen molar-refractivity contribution in [2.75, 3.05) is 32.5 Å². The van der Waals surface area contributed by atoms with Gasteiger partial charge in [-0.25, -0.2) is 0 Å². The van der Waals surface area contributed by atoms with Crippen LogP contribution in [-0.4, -0.2) is 54.1 Å². The number of amides is 2. The highest BCUT2D eigenvalue weighted by molar-refractivity contribution is 9.09. The normalized spacial score (nSPS) is 21.5. The third-order valence-electron chi connectivity index (χ3n) is 2.34. The fraction of sp³-hybridized carbons (Fsp3) is 0.778. The Bertz CT molecular complexity index is 243. The lowest BCUT2D eigenvalue weighted by Gasteiger charge is -2.18. The van der Waals surface area contributed by atoms with Gasteiger partial charge in [0.2, 0.25) is 11.8 Å². The number of halogens is 1. The van der Waals surface area contributed by atoms with Crippen molar-refractivity contribution >= 4 is 27.7 Å². The van der Waals surface area contributed by atoms with E-state index in [1.54, 1.807) is 19.0 Å². The van der Waals surface area contributed by atoms with Crippen molar-refractivity contribution in [2.45, 2.75) is 6.42 Å². The van der Waals surface area contributed by atoms with Gasteiger partial charge in [0.25, 0.3) is 0 Å². The van der Waals surface area contributed by atoms with Crippen molar-refractivity contribution in [3.8, 4) is 0 Å². The quantitative estimate of drug-likeness (QED) is 0.688. The summed E-state index contributed by atoms with van der Waals surface area (Å²) in [6, 6.07) is 0. The third kappa shape index (κ3) is 2.70. The Kier molecular flexibility index (Phi) is 3.92. The van der Waals surface area contributed by atoms with Gasteiger partial charge >= 0.3 is 0 Å². The summed E-state index contributed by atoms with van der Waals surface area (Å²) in [7, 11) is 3.40. The Hall–Kier alpha value is -0.580. The first kappa shape index (κ1) is 11.5. The van der Waals surface area contributed by atoms with E-state index in [0.29, 0.717) is 18.9 Å². The Labute approximate surface area is 92.4 Å². The number of carbonyl (C=O) groups is 2. The Morgan fingerprint density at radius 1 is 1.64 bits per heavy atom. The van der Waals surface area contributed by atoms with Gasteiger partial charge in [0.05, 0.1) is 6.54 Å². The van der Waals surface area contributed by atoms with Gasteiger partial charge in [-0.1, -0.05) is 15.9 Å². The van der Waals surface area contributed by atoms with Crippen molar-refractivity contribution in [2.24, 2.45) is 5.92 Å². The predicted molar refractivity (Wildman–Crippen MR) is 57.2 cm³/mol. The average molecular weight is 263 g/mol. The van der Waals surface area contributed by atoms with Gasteiger partial charge in [0.1, 0.15) is 0 Å². The summed E-state index contributed by atoms with van der Waals surface area (Å²) in [4.78, 5) is 25.9. The fourth-order valence-electron chi connectivity index (χ4n) is 1.41. The average Bonchev–Trinajstić information content (AvgIpc) is 2.47. The van der Waals surface area contributed by atoms with Gasteiger partial charge in [-0.15, -0.1) is 0 Å². The molecule has 0 aromatic heterocycles. The minimum Gasteiger partial charge on any atom is -0.347 e. The lowest BCUT2D eigenvalue weighted by atomic mass is 10.2. The zero-order chi connectivity index (χ0) is 10.7. The monoisotopic (exact) mass is 262 g/mol. The van der Waals surface area contributed by atoms with E-state index in [1.165, 1.54) is 4.90 Å². The summed E-state index contributed by atoms with van der Waals surface area (Å²) in [6.07, 6.45) is 0.561. The molecule has 1 aliphatic heterocycles. The molecule has 2 amide bonds. The van der Waals surface area contributed by atoms with Crippen LogP contribution in [0.15, 0.2) is 0 Å². The first-order chi connectivity index (χ1) is 6.54. The van der Waals surface area contributed by atoms with E-state index >= 15 is 0 Å². The molecule has 1 rings (SSSR count). The highest BCUT2D eigenvalue weighted by Gasteiger charge is 2.30. The van der Waals surface area contributed by atoms with Crippen LogP contribution in [0, 0.1) is 5.92 Å². The minimum atomic E-state index is -0.0198. The molecule has 14 heavy (non-hydrogen) atoms. The molecule has 0 bridgehead atoms. The SMILES string of the molecule is CN(C)C(=O)CN1CC(CBr)CC1=O. The minimum absolute atomic E-state index is 0.0198. The first-order valence-electron chi connectivity index (χ1n) is 4.58. The smallest absolute Gasteiger partial charge is 0.241 e. The van der Waals surface area contributed by atoms with Crippen LogP contribution in [0.4, 0.5) is 0 Å². The molecular weight excluding hydrogens is 248 g/mol. The third-order valence-corrected chi connectivity index (χ3v) is 3.25. The lowest BCUT2D eigenvalue weighted by Crippen LogP contribution is -2.37. The maximum atomic E-state index is 11.4. The van der Waals surface area contributed by atoms with E-state index < -0.39 is 0 Å². The van der Waals surface area contributed by atoms with Crippen molar-refractivity contribution in [1.82, 2.24) is 9.80 Å². The predicted octanol–water partition coefficient (Wildman–Crippen LogP) is 0.318. The molecule has 1 aliphatic rings. The molecule has 5 heteroatoms. The molecule has 0 saturated carbocycles. The molecule has 1 saturated heterocycles. The van der Waals surface area contributed by atoms with Gasteiger partial charge in [-0.2, -0.15) is 0 Å². The summed E-state index contributed by atoms with van der Waals surface area (Å²) >= 11 is 3.35. The van der Waals surface area contributed by atoms with Crippen molar-refractivity contribution in [1.29, 1.82) is 0 Å². The van der Waals surface area contributed by atoms with Crippen LogP contribution in [0.2, 0.25) is 0 Å². The summed E-state index contributed by atoms with van der Waals surface area (Å²) < 4.78 is 0. The molecule has 0 radical (unpaired) electrons. The van der Waals surface area contributed by atoms with Crippen LogP contribution < -0.4 is 0 Å². The highest BCUT2D eigenvalue weighted by Crippen LogP contribution is 2.19. The second-order valence-electron chi connectivity index (χ2n) is 3.79. The van der Waals surface area contributed by atoms with Gasteiger partial charge in [0, 0.05) is 32.4 Å². The summed E-state index contributed by atoms with van der Waals surface area (Å²) in [6.45, 7) is 0.916. The number of alkyl halides is 1. The van der Waals surface area contributed by atoms with Crippen LogP contribution in [0.25, 0.3) is 0 Å². The molecule has 1 heterocycles. The van der Waals surface area contributed by atoms with Crippen molar-refractivity contribution in [3.63, 3.8) is 0 Å². The summed E-state index contributed by atoms with van der Waals surface area (Å²) in [5, 5.41) is 0.825. The Balaban J connectivity index is 2.46. The van der Waals surface area contributed by atoms with Gasteiger partial charge in [-0.05, 0) is 5.92 Å². The second-order valence-corrected chi connectivity index (χ2v) is 4.43. The number of likely N-dealkylation sites (tertiary alicyclic amines) is 1. The molecule has 0 aromatic rings. The zero-order valence-corrected chi connectivity index (χ0v) is 10.1. The van der Waals surface area contributed by atoms with Crippen LogP contribution >= 0.6 is 15.9 Å². The molecule has 4 nitrogen and oxygen atoms in total. The number of rotatable bonds is 3. The molecule has 0 aliphatic carbocycles. The molecule has 0 spiro atoms. The van der Waals surface area contributed by atoms with Crippen molar-refractivity contribution in [3.05, 3.63) is 0 Å². The van der Waals surface area contributed by atoms with E-state index in [0.717, 1.165) is 5.33 Å². The number of hydrogen-bond acceptors (Lipinski definition) is 2. The van der Waals surface area contributed by atoms with Crippen LogP contribution in [0.3, 0.4) is 0 Å². The van der Waals surface area contributed by atoms with Crippen LogP contribution in [-0.2, 0) is 9.59 Å². The second kappa shape index (κ2) is 4.77. The summed E-state index contributed by atoms with van der Waals surface area (Å²) in [5.41, 5.74) is 0. The molecule has 0 N–H and O–H groups in total. The highest BCUT2D eigenvalue weighted by atomic mass is 79.9. The van der Waals surface area contributed by atoms with E-state index in [4.69, 9.17) is 0 Å². The number of hydrogen-bond donors (Lipinski definition) is 0. The Morgan fingerprint density at radius 3 is 2.71 bits per heavy atom. The molecular formula is C9H15BrN2O2. The van der Waals surface area contributed by atoms with Gasteiger partial charge in [0.15, 0.2) is 0 Å². The topological polar surface area (TPSA) is 40.6 Å². The zero-order valence-electron chi connectivity index (χ0n) is 8.49. The van der Waals surface area contributed by atoms with Crippen LogP contribution in [0.1, 0.15) is 6.42 Å². The molecule has 1 fully saturated rings. The van der Waals surface area contributed by atoms with Crippen LogP contribution in [0.5, 0.6) is 0 Å². The number of carbonyl (C=O) groups excluding carboxylic acids is 2. The maximum Gasteiger partial charge on any atom is 0.241 e. The van der Waals surface area contributed by atoms with E-state index in [2.05, 4.69) is 15.9 Å². The number of nitrogens with zero attached hydrogens (tertiary/aromatic N) is 2. The van der Waals surface area contributed by atoms with Gasteiger partial charge < -0.3 is 9.80 Å². The first-order valence-corrected chi connectivity index (χ1v) is 5.70. The fourth-order valence-corrected chi connectivity index (χ4v) is 1.85. The van der Waals surface area contributed by atoms with E-state index in [9.17, 15) is 9.59 Å². The largest absolute Gasteiger partial charge is 0.347 e. The molecule has 80 valence electrons. The number of likely N-dealkylation sites (N-methyl/N-ethyl adjacent to an activating group) is 1. The Morgan fingerprint density at radius 2 is 2.29 bits per heavy atom. The van der Waals surface area contributed by atoms with Crippen molar-refractivity contribution < 1.29 is 9.59 Å². The summed E-state index contributed by atoms with van der Waals surface area (Å²) in [5.74, 6) is 0.427.